The van der Waals surface area contributed by atoms with Gasteiger partial charge < -0.3 is 5.32 Å². The first-order valence-corrected chi connectivity index (χ1v) is 5.65. The highest BCUT2D eigenvalue weighted by atomic mass is 32.1. The van der Waals surface area contributed by atoms with Gasteiger partial charge in [0, 0.05) is 11.4 Å². The Morgan fingerprint density at radius 1 is 1.20 bits per heavy atom. The second kappa shape index (κ2) is 4.55. The summed E-state index contributed by atoms with van der Waals surface area (Å²) in [4.78, 5) is 1.29. The molecule has 0 aliphatic heterocycles. The zero-order valence-electron chi connectivity index (χ0n) is 8.46. The molecule has 0 aliphatic carbocycles. The van der Waals surface area contributed by atoms with E-state index in [1.807, 2.05) is 7.05 Å². The third kappa shape index (κ3) is 2.43. The number of nitrogens with one attached hydrogen (secondary N) is 1. The summed E-state index contributed by atoms with van der Waals surface area (Å²) in [5.41, 5.74) is 2.22. The van der Waals surface area contributed by atoms with Gasteiger partial charge in [-0.05, 0) is 41.8 Å². The molecule has 0 amide bonds. The molecule has 0 spiro atoms. The van der Waals surface area contributed by atoms with Gasteiger partial charge in [-0.25, -0.2) is 4.39 Å². The van der Waals surface area contributed by atoms with Crippen molar-refractivity contribution in [3.8, 4) is 11.1 Å². The molecule has 1 N–H and O–H groups in total. The lowest BCUT2D eigenvalue weighted by molar-refractivity contribution is 0.628. The van der Waals surface area contributed by atoms with Gasteiger partial charge in [-0.3, -0.25) is 0 Å². The predicted molar refractivity (Wildman–Crippen MR) is 62.5 cm³/mol. The molecule has 0 aliphatic rings. The standard InChI is InChI=1S/C12H12FNS/c1-14-7-12-6-10(8-15-12)9-2-4-11(13)5-3-9/h2-6,8,14H,7H2,1H3. The van der Waals surface area contributed by atoms with Gasteiger partial charge in [0.1, 0.15) is 5.82 Å². The Morgan fingerprint density at radius 3 is 2.60 bits per heavy atom. The minimum absolute atomic E-state index is 0.190. The molecule has 0 saturated carbocycles. The topological polar surface area (TPSA) is 12.0 Å². The second-order valence-corrected chi connectivity index (χ2v) is 4.33. The normalized spacial score (nSPS) is 10.5. The van der Waals surface area contributed by atoms with E-state index >= 15 is 0 Å². The van der Waals surface area contributed by atoms with Crippen LogP contribution in [-0.2, 0) is 6.54 Å². The highest BCUT2D eigenvalue weighted by Gasteiger charge is 2.01. The summed E-state index contributed by atoms with van der Waals surface area (Å²) in [5.74, 6) is -0.190. The van der Waals surface area contributed by atoms with Crippen LogP contribution in [0, 0.1) is 5.82 Å². The van der Waals surface area contributed by atoms with E-state index in [0.717, 1.165) is 17.7 Å². The van der Waals surface area contributed by atoms with E-state index in [0.29, 0.717) is 0 Å². The van der Waals surface area contributed by atoms with Crippen molar-refractivity contribution in [3.05, 3.63) is 46.4 Å². The van der Waals surface area contributed by atoms with Crippen LogP contribution in [0.1, 0.15) is 4.88 Å². The number of hydrogen-bond acceptors (Lipinski definition) is 2. The fourth-order valence-electron chi connectivity index (χ4n) is 1.44. The van der Waals surface area contributed by atoms with Crippen LogP contribution in [0.4, 0.5) is 4.39 Å². The van der Waals surface area contributed by atoms with E-state index in [1.165, 1.54) is 17.0 Å². The van der Waals surface area contributed by atoms with Gasteiger partial charge in [-0.1, -0.05) is 12.1 Å². The first kappa shape index (κ1) is 10.3. The van der Waals surface area contributed by atoms with Gasteiger partial charge >= 0.3 is 0 Å². The number of benzene rings is 1. The number of halogens is 1. The SMILES string of the molecule is CNCc1cc(-c2ccc(F)cc2)cs1. The summed E-state index contributed by atoms with van der Waals surface area (Å²) in [7, 11) is 1.93. The maximum Gasteiger partial charge on any atom is 0.123 e. The lowest BCUT2D eigenvalue weighted by atomic mass is 10.1. The summed E-state index contributed by atoms with van der Waals surface area (Å²) < 4.78 is 12.7. The summed E-state index contributed by atoms with van der Waals surface area (Å²) >= 11 is 1.72. The van der Waals surface area contributed by atoms with Crippen LogP contribution in [0.15, 0.2) is 35.7 Å². The van der Waals surface area contributed by atoms with E-state index in [2.05, 4.69) is 16.8 Å². The Kier molecular flexibility index (Phi) is 3.14. The summed E-state index contributed by atoms with van der Waals surface area (Å²) in [5, 5.41) is 5.21. The van der Waals surface area contributed by atoms with Gasteiger partial charge in [0.2, 0.25) is 0 Å². The molecule has 0 atom stereocenters. The van der Waals surface area contributed by atoms with Crippen molar-refractivity contribution in [1.82, 2.24) is 5.32 Å². The molecular weight excluding hydrogens is 209 g/mol. The Morgan fingerprint density at radius 2 is 1.93 bits per heavy atom. The summed E-state index contributed by atoms with van der Waals surface area (Å²) in [6.45, 7) is 0.881. The lowest BCUT2D eigenvalue weighted by Crippen LogP contribution is -2.02. The molecule has 1 aromatic heterocycles. The third-order valence-electron chi connectivity index (χ3n) is 2.18. The van der Waals surface area contributed by atoms with Crippen LogP contribution in [0.3, 0.4) is 0 Å². The maximum absolute atomic E-state index is 12.7. The number of hydrogen-bond donors (Lipinski definition) is 1. The van der Waals surface area contributed by atoms with Crippen LogP contribution in [-0.4, -0.2) is 7.05 Å². The highest BCUT2D eigenvalue weighted by Crippen LogP contribution is 2.25. The average Bonchev–Trinajstić information content (AvgIpc) is 2.68. The van der Waals surface area contributed by atoms with E-state index in [9.17, 15) is 4.39 Å². The van der Waals surface area contributed by atoms with E-state index in [4.69, 9.17) is 0 Å². The van der Waals surface area contributed by atoms with Crippen LogP contribution in [0.25, 0.3) is 11.1 Å². The molecule has 0 fully saturated rings. The molecule has 0 radical (unpaired) electrons. The maximum atomic E-state index is 12.7. The fourth-order valence-corrected chi connectivity index (χ4v) is 2.35. The van der Waals surface area contributed by atoms with E-state index in [-0.39, 0.29) is 5.82 Å². The van der Waals surface area contributed by atoms with Gasteiger partial charge in [0.15, 0.2) is 0 Å². The molecule has 1 heterocycles. The minimum atomic E-state index is -0.190. The summed E-state index contributed by atoms with van der Waals surface area (Å²) in [6, 6.07) is 8.73. The van der Waals surface area contributed by atoms with Crippen molar-refractivity contribution in [3.63, 3.8) is 0 Å². The molecule has 0 unspecified atom stereocenters. The molecule has 0 saturated heterocycles. The lowest BCUT2D eigenvalue weighted by Gasteiger charge is -1.96. The number of rotatable bonds is 3. The van der Waals surface area contributed by atoms with Crippen molar-refractivity contribution < 1.29 is 4.39 Å². The van der Waals surface area contributed by atoms with Crippen molar-refractivity contribution >= 4 is 11.3 Å². The molecule has 1 nitrogen and oxygen atoms in total. The molecular formula is C12H12FNS. The van der Waals surface area contributed by atoms with Crippen molar-refractivity contribution in [2.75, 3.05) is 7.05 Å². The number of thiophene rings is 1. The Bertz CT molecular complexity index is 433. The quantitative estimate of drug-likeness (QED) is 0.838. The zero-order chi connectivity index (χ0) is 10.7. The van der Waals surface area contributed by atoms with Crippen LogP contribution in [0.2, 0.25) is 0 Å². The molecule has 78 valence electrons. The van der Waals surface area contributed by atoms with Crippen molar-refractivity contribution in [2.45, 2.75) is 6.54 Å². The van der Waals surface area contributed by atoms with Crippen LogP contribution >= 0.6 is 11.3 Å². The average molecular weight is 221 g/mol. The first-order valence-electron chi connectivity index (χ1n) is 4.77. The molecule has 15 heavy (non-hydrogen) atoms. The minimum Gasteiger partial charge on any atom is -0.315 e. The Balaban J connectivity index is 2.25. The zero-order valence-corrected chi connectivity index (χ0v) is 9.27. The van der Waals surface area contributed by atoms with Gasteiger partial charge in [-0.2, -0.15) is 0 Å². The monoisotopic (exact) mass is 221 g/mol. The van der Waals surface area contributed by atoms with E-state index < -0.39 is 0 Å². The molecule has 2 rings (SSSR count). The largest absolute Gasteiger partial charge is 0.315 e. The molecule has 3 heteroatoms. The first-order chi connectivity index (χ1) is 7.29. The van der Waals surface area contributed by atoms with Crippen LogP contribution < -0.4 is 5.32 Å². The molecule has 1 aromatic carbocycles. The predicted octanol–water partition coefficient (Wildman–Crippen LogP) is 3.27. The second-order valence-electron chi connectivity index (χ2n) is 3.34. The highest BCUT2D eigenvalue weighted by molar-refractivity contribution is 7.10. The summed E-state index contributed by atoms with van der Waals surface area (Å²) in [6.07, 6.45) is 0. The molecule has 2 aromatic rings. The Hall–Kier alpha value is -1.19. The van der Waals surface area contributed by atoms with Crippen LogP contribution in [0.5, 0.6) is 0 Å². The van der Waals surface area contributed by atoms with Crippen molar-refractivity contribution in [2.24, 2.45) is 0 Å². The van der Waals surface area contributed by atoms with Gasteiger partial charge in [-0.15, -0.1) is 11.3 Å². The third-order valence-corrected chi connectivity index (χ3v) is 3.12. The van der Waals surface area contributed by atoms with Crippen molar-refractivity contribution in [1.29, 1.82) is 0 Å². The smallest absolute Gasteiger partial charge is 0.123 e. The van der Waals surface area contributed by atoms with Gasteiger partial charge in [0.05, 0.1) is 0 Å². The molecule has 0 bridgehead atoms. The Labute approximate surface area is 92.6 Å². The fraction of sp³-hybridized carbons (Fsp3) is 0.167. The van der Waals surface area contributed by atoms with E-state index in [1.54, 1.807) is 23.5 Å². The van der Waals surface area contributed by atoms with Gasteiger partial charge in [0.25, 0.3) is 0 Å².